The van der Waals surface area contributed by atoms with E-state index in [9.17, 15) is 18.0 Å². The van der Waals surface area contributed by atoms with Crippen LogP contribution in [0.3, 0.4) is 0 Å². The molecule has 5 nitrogen and oxygen atoms in total. The highest BCUT2D eigenvalue weighted by atomic mass is 35.5. The quantitative estimate of drug-likeness (QED) is 0.607. The van der Waals surface area contributed by atoms with Crippen LogP contribution in [0.1, 0.15) is 23.4 Å². The summed E-state index contributed by atoms with van der Waals surface area (Å²) in [6, 6.07) is 5.50. The van der Waals surface area contributed by atoms with Crippen LogP contribution >= 0.6 is 34.8 Å². The molecule has 2 heterocycles. The number of hydrogen-bond donors (Lipinski definition) is 0. The maximum Gasteiger partial charge on any atom is 0.436 e. The van der Waals surface area contributed by atoms with Crippen molar-refractivity contribution in [2.24, 2.45) is 0 Å². The van der Waals surface area contributed by atoms with Gasteiger partial charge in [0.05, 0.1) is 27.3 Å². The van der Waals surface area contributed by atoms with Gasteiger partial charge in [-0.1, -0.05) is 40.9 Å². The zero-order chi connectivity index (χ0) is 22.1. The lowest BCUT2D eigenvalue weighted by molar-refractivity contribution is -0.141. The minimum absolute atomic E-state index is 0.0456. The molecule has 1 aliphatic rings. The van der Waals surface area contributed by atoms with Crippen molar-refractivity contribution in [3.63, 3.8) is 0 Å². The minimum atomic E-state index is -4.62. The topological polar surface area (TPSA) is 41.4 Å². The van der Waals surface area contributed by atoms with Gasteiger partial charge < -0.3 is 4.90 Å². The molecular weight excluding hydrogens is 464 g/mol. The molecule has 0 unspecified atom stereocenters. The van der Waals surface area contributed by atoms with Crippen LogP contribution in [-0.2, 0) is 24.1 Å². The van der Waals surface area contributed by atoms with Gasteiger partial charge in [-0.25, -0.2) is 0 Å². The highest BCUT2D eigenvalue weighted by Gasteiger charge is 2.38. The van der Waals surface area contributed by atoms with Gasteiger partial charge in [0.2, 0.25) is 5.91 Å². The summed E-state index contributed by atoms with van der Waals surface area (Å²) >= 11 is 17.7. The van der Waals surface area contributed by atoms with Crippen molar-refractivity contribution in [3.8, 4) is 0 Å². The fourth-order valence-corrected chi connectivity index (χ4v) is 3.90. The molecule has 0 N–H and O–H groups in total. The van der Waals surface area contributed by atoms with Gasteiger partial charge in [0, 0.05) is 39.1 Å². The lowest BCUT2D eigenvalue weighted by Gasteiger charge is -2.35. The van der Waals surface area contributed by atoms with Crippen LogP contribution < -0.4 is 0 Å². The molecule has 11 heteroatoms. The number of nitrogens with zero attached hydrogens (tertiary/aromatic N) is 4. The fraction of sp³-hybridized carbons (Fsp3) is 0.474. The Kier molecular flexibility index (Phi) is 7.22. The summed E-state index contributed by atoms with van der Waals surface area (Å²) in [5, 5.41) is 4.12. The van der Waals surface area contributed by atoms with E-state index >= 15 is 0 Å². The van der Waals surface area contributed by atoms with E-state index in [1.54, 1.807) is 11.0 Å². The van der Waals surface area contributed by atoms with Crippen molar-refractivity contribution in [3.05, 3.63) is 50.2 Å². The first kappa shape index (κ1) is 23.2. The minimum Gasteiger partial charge on any atom is -0.340 e. The molecule has 1 saturated heterocycles. The van der Waals surface area contributed by atoms with Gasteiger partial charge in [0.1, 0.15) is 0 Å². The van der Waals surface area contributed by atoms with Crippen molar-refractivity contribution in [1.82, 2.24) is 19.6 Å². The second kappa shape index (κ2) is 9.34. The summed E-state index contributed by atoms with van der Waals surface area (Å²) in [5.41, 5.74) is 0.115. The van der Waals surface area contributed by atoms with Gasteiger partial charge in [0.25, 0.3) is 0 Å². The van der Waals surface area contributed by atoms with Crippen molar-refractivity contribution in [2.45, 2.75) is 32.6 Å². The van der Waals surface area contributed by atoms with E-state index in [1.807, 2.05) is 12.1 Å². The first-order valence-electron chi connectivity index (χ1n) is 9.30. The molecule has 1 aliphatic heterocycles. The molecule has 0 radical (unpaired) electrons. The largest absolute Gasteiger partial charge is 0.436 e. The number of aryl methyl sites for hydroxylation is 1. The average molecular weight is 484 g/mol. The third-order valence-electron chi connectivity index (χ3n) is 5.05. The Hall–Kier alpha value is -1.48. The molecular formula is C19H20Cl3F3N4O. The second-order valence-electron chi connectivity index (χ2n) is 7.12. The van der Waals surface area contributed by atoms with E-state index in [0.29, 0.717) is 42.8 Å². The van der Waals surface area contributed by atoms with Crippen molar-refractivity contribution in [1.29, 1.82) is 0 Å². The lowest BCUT2D eigenvalue weighted by atomic mass is 10.2. The van der Waals surface area contributed by atoms with E-state index in [1.165, 1.54) is 6.92 Å². The Morgan fingerprint density at radius 3 is 2.33 bits per heavy atom. The predicted molar refractivity (Wildman–Crippen MR) is 110 cm³/mol. The average Bonchev–Trinajstić information content (AvgIpc) is 2.98. The first-order valence-corrected chi connectivity index (χ1v) is 10.4. The molecule has 1 amide bonds. The number of alkyl halides is 3. The molecule has 0 aliphatic carbocycles. The zero-order valence-electron chi connectivity index (χ0n) is 16.1. The standard InChI is InChI=1S/C19H20Cl3F3N4O/c1-12-17(22)18(19(23,24)25)26-29(12)5-4-16(30)28-8-6-27(7-9-28)11-13-2-3-14(20)15(21)10-13/h2-3,10H,4-9,11H2,1H3. The number of piperazine rings is 1. The van der Waals surface area contributed by atoms with Crippen LogP contribution in [0.15, 0.2) is 18.2 Å². The summed E-state index contributed by atoms with van der Waals surface area (Å²) in [5.74, 6) is -0.122. The maximum absolute atomic E-state index is 12.9. The van der Waals surface area contributed by atoms with Crippen LogP contribution in [0.4, 0.5) is 13.2 Å². The van der Waals surface area contributed by atoms with E-state index in [-0.39, 0.29) is 24.6 Å². The number of benzene rings is 1. The molecule has 1 fully saturated rings. The number of amides is 1. The molecule has 0 saturated carbocycles. The molecule has 2 aromatic rings. The molecule has 0 spiro atoms. The SMILES string of the molecule is Cc1c(Cl)c(C(F)(F)F)nn1CCC(=O)N1CCN(Cc2ccc(Cl)c(Cl)c2)CC1. The van der Waals surface area contributed by atoms with Gasteiger partial charge in [0.15, 0.2) is 5.69 Å². The Bertz CT molecular complexity index is 924. The maximum atomic E-state index is 12.9. The van der Waals surface area contributed by atoms with Gasteiger partial charge in [-0.05, 0) is 24.6 Å². The highest BCUT2D eigenvalue weighted by Crippen LogP contribution is 2.35. The zero-order valence-corrected chi connectivity index (χ0v) is 18.4. The number of aromatic nitrogens is 2. The normalized spacial score (nSPS) is 15.6. The molecule has 0 atom stereocenters. The monoisotopic (exact) mass is 482 g/mol. The summed E-state index contributed by atoms with van der Waals surface area (Å²) in [6.45, 7) is 4.68. The molecule has 30 heavy (non-hydrogen) atoms. The van der Waals surface area contributed by atoms with E-state index in [4.69, 9.17) is 34.8 Å². The van der Waals surface area contributed by atoms with Crippen molar-refractivity contribution >= 4 is 40.7 Å². The number of carbonyl (C=O) groups excluding carboxylic acids is 1. The third kappa shape index (κ3) is 5.41. The summed E-state index contributed by atoms with van der Waals surface area (Å²) in [7, 11) is 0. The molecule has 164 valence electrons. The molecule has 3 rings (SSSR count). The predicted octanol–water partition coefficient (Wildman–Crippen LogP) is 4.91. The smallest absolute Gasteiger partial charge is 0.340 e. The van der Waals surface area contributed by atoms with Crippen molar-refractivity contribution in [2.75, 3.05) is 26.2 Å². The number of carbonyl (C=O) groups is 1. The van der Waals surface area contributed by atoms with Gasteiger partial charge in [-0.2, -0.15) is 18.3 Å². The fourth-order valence-electron chi connectivity index (χ4n) is 3.33. The lowest BCUT2D eigenvalue weighted by Crippen LogP contribution is -2.48. The molecule has 1 aromatic carbocycles. The second-order valence-corrected chi connectivity index (χ2v) is 8.32. The van der Waals surface area contributed by atoms with Crippen molar-refractivity contribution < 1.29 is 18.0 Å². The summed E-state index contributed by atoms with van der Waals surface area (Å²) in [6.07, 6.45) is -4.56. The number of hydrogen-bond acceptors (Lipinski definition) is 3. The first-order chi connectivity index (χ1) is 14.1. The van der Waals surface area contributed by atoms with Gasteiger partial charge in [-0.15, -0.1) is 0 Å². The van der Waals surface area contributed by atoms with E-state index in [2.05, 4.69) is 10.00 Å². The number of halogens is 6. The van der Waals surface area contributed by atoms with Crippen LogP contribution in [0.25, 0.3) is 0 Å². The molecule has 0 bridgehead atoms. The van der Waals surface area contributed by atoms with Crippen LogP contribution in [0, 0.1) is 6.92 Å². The third-order valence-corrected chi connectivity index (χ3v) is 6.25. The van der Waals surface area contributed by atoms with Crippen LogP contribution in [0.2, 0.25) is 15.1 Å². The highest BCUT2D eigenvalue weighted by molar-refractivity contribution is 6.42. The molecule has 1 aromatic heterocycles. The number of rotatable bonds is 5. The Morgan fingerprint density at radius 1 is 1.10 bits per heavy atom. The summed E-state index contributed by atoms with van der Waals surface area (Å²) in [4.78, 5) is 16.4. The van der Waals surface area contributed by atoms with Crippen LogP contribution in [0.5, 0.6) is 0 Å². The Labute approximate surface area is 187 Å². The van der Waals surface area contributed by atoms with E-state index in [0.717, 1.165) is 10.2 Å². The van der Waals surface area contributed by atoms with Gasteiger partial charge in [-0.3, -0.25) is 14.4 Å². The Morgan fingerprint density at radius 2 is 1.77 bits per heavy atom. The van der Waals surface area contributed by atoms with Gasteiger partial charge >= 0.3 is 6.18 Å². The van der Waals surface area contributed by atoms with Crippen LogP contribution in [-0.4, -0.2) is 51.7 Å². The Balaban J connectivity index is 1.50. The summed E-state index contributed by atoms with van der Waals surface area (Å²) < 4.78 is 39.9. The van der Waals surface area contributed by atoms with E-state index < -0.39 is 16.9 Å².